The van der Waals surface area contributed by atoms with Crippen LogP contribution in [0.1, 0.15) is 17.4 Å². The Kier molecular flexibility index (Phi) is 5.50. The molecule has 1 unspecified atom stereocenters. The van der Waals surface area contributed by atoms with Crippen LogP contribution in [0.25, 0.3) is 22.6 Å². The van der Waals surface area contributed by atoms with Crippen molar-refractivity contribution in [3.63, 3.8) is 0 Å². The minimum Gasteiger partial charge on any atom is -0.394 e. The Balaban J connectivity index is 2.07. The SMILES string of the molecule is CC(CO)NC(=O)c1cc(-c2ccc(Cl)cc2)nc(-c2cncnc2)n1. The number of carbonyl (C=O) groups is 1. The van der Waals surface area contributed by atoms with Gasteiger partial charge in [0.15, 0.2) is 5.82 Å². The van der Waals surface area contributed by atoms with Crippen molar-refractivity contribution < 1.29 is 9.90 Å². The number of hydrogen-bond acceptors (Lipinski definition) is 6. The molecule has 0 saturated heterocycles. The Hall–Kier alpha value is -2.90. The lowest BCUT2D eigenvalue weighted by Crippen LogP contribution is -2.35. The van der Waals surface area contributed by atoms with Gasteiger partial charge in [-0.25, -0.2) is 19.9 Å². The first-order valence-corrected chi connectivity index (χ1v) is 8.26. The summed E-state index contributed by atoms with van der Waals surface area (Å²) in [6.45, 7) is 1.53. The highest BCUT2D eigenvalue weighted by atomic mass is 35.5. The van der Waals surface area contributed by atoms with Crippen molar-refractivity contribution in [2.45, 2.75) is 13.0 Å². The fourth-order valence-corrected chi connectivity index (χ4v) is 2.35. The molecule has 0 aliphatic rings. The van der Waals surface area contributed by atoms with Crippen LogP contribution in [-0.2, 0) is 0 Å². The molecule has 2 N–H and O–H groups in total. The summed E-state index contributed by atoms with van der Waals surface area (Å²) < 4.78 is 0. The second-order valence-electron chi connectivity index (χ2n) is 5.65. The second-order valence-corrected chi connectivity index (χ2v) is 6.09. The van der Waals surface area contributed by atoms with Gasteiger partial charge in [0.25, 0.3) is 5.91 Å². The normalized spacial score (nSPS) is 11.8. The van der Waals surface area contributed by atoms with E-state index in [2.05, 4.69) is 25.3 Å². The molecule has 0 aliphatic carbocycles. The zero-order valence-electron chi connectivity index (χ0n) is 13.9. The van der Waals surface area contributed by atoms with Crippen LogP contribution in [0.15, 0.2) is 49.1 Å². The van der Waals surface area contributed by atoms with E-state index in [1.807, 2.05) is 12.1 Å². The van der Waals surface area contributed by atoms with E-state index in [9.17, 15) is 4.79 Å². The van der Waals surface area contributed by atoms with Crippen molar-refractivity contribution in [1.29, 1.82) is 0 Å². The highest BCUT2D eigenvalue weighted by molar-refractivity contribution is 6.30. The molecular weight excluding hydrogens is 354 g/mol. The first-order valence-electron chi connectivity index (χ1n) is 7.89. The van der Waals surface area contributed by atoms with Crippen molar-refractivity contribution >= 4 is 17.5 Å². The Morgan fingerprint density at radius 3 is 2.50 bits per heavy atom. The highest BCUT2D eigenvalue weighted by Crippen LogP contribution is 2.23. The molecule has 2 aromatic heterocycles. The Labute approximate surface area is 155 Å². The Morgan fingerprint density at radius 1 is 1.15 bits per heavy atom. The van der Waals surface area contributed by atoms with Crippen LogP contribution in [0.5, 0.6) is 0 Å². The van der Waals surface area contributed by atoms with E-state index in [0.29, 0.717) is 22.1 Å². The molecule has 0 aliphatic heterocycles. The van der Waals surface area contributed by atoms with Crippen molar-refractivity contribution in [3.8, 4) is 22.6 Å². The maximum Gasteiger partial charge on any atom is 0.270 e. The Bertz CT molecular complexity index is 903. The molecule has 132 valence electrons. The lowest BCUT2D eigenvalue weighted by molar-refractivity contribution is 0.0917. The molecule has 0 saturated carbocycles. The molecule has 26 heavy (non-hydrogen) atoms. The van der Waals surface area contributed by atoms with Crippen LogP contribution in [0.2, 0.25) is 5.02 Å². The van der Waals surface area contributed by atoms with E-state index in [1.165, 1.54) is 6.33 Å². The van der Waals surface area contributed by atoms with Crippen molar-refractivity contribution in [1.82, 2.24) is 25.3 Å². The standard InChI is InChI=1S/C18H16ClN5O2/c1-11(9-25)22-18(26)16-6-15(12-2-4-14(19)5-3-12)23-17(24-16)13-7-20-10-21-8-13/h2-8,10-11,25H,9H2,1H3,(H,22,26). The summed E-state index contributed by atoms with van der Waals surface area (Å²) >= 11 is 5.94. The van der Waals surface area contributed by atoms with Crippen LogP contribution in [0.4, 0.5) is 0 Å². The molecule has 1 aromatic carbocycles. The van der Waals surface area contributed by atoms with Gasteiger partial charge in [0.05, 0.1) is 17.9 Å². The van der Waals surface area contributed by atoms with Gasteiger partial charge in [0.1, 0.15) is 12.0 Å². The number of carbonyl (C=O) groups excluding carboxylic acids is 1. The van der Waals surface area contributed by atoms with Gasteiger partial charge < -0.3 is 10.4 Å². The number of aliphatic hydroxyl groups excluding tert-OH is 1. The smallest absolute Gasteiger partial charge is 0.270 e. The number of hydrogen-bond donors (Lipinski definition) is 2. The van der Waals surface area contributed by atoms with Gasteiger partial charge in [0, 0.05) is 29.0 Å². The third-order valence-corrected chi connectivity index (χ3v) is 3.82. The highest BCUT2D eigenvalue weighted by Gasteiger charge is 2.16. The molecular formula is C18H16ClN5O2. The first-order chi connectivity index (χ1) is 12.6. The maximum absolute atomic E-state index is 12.5. The van der Waals surface area contributed by atoms with Gasteiger partial charge in [-0.1, -0.05) is 23.7 Å². The molecule has 0 bridgehead atoms. The molecule has 3 rings (SSSR count). The maximum atomic E-state index is 12.5. The van der Waals surface area contributed by atoms with Gasteiger partial charge in [-0.05, 0) is 25.1 Å². The minimum absolute atomic E-state index is 0.166. The third-order valence-electron chi connectivity index (χ3n) is 3.57. The summed E-state index contributed by atoms with van der Waals surface area (Å²) in [4.78, 5) is 29.3. The molecule has 7 nitrogen and oxygen atoms in total. The Morgan fingerprint density at radius 2 is 1.85 bits per heavy atom. The van der Waals surface area contributed by atoms with Crippen LogP contribution in [0.3, 0.4) is 0 Å². The molecule has 0 fully saturated rings. The summed E-state index contributed by atoms with van der Waals surface area (Å²) in [5.41, 5.74) is 2.13. The fourth-order valence-electron chi connectivity index (χ4n) is 2.22. The summed E-state index contributed by atoms with van der Waals surface area (Å²) in [5.74, 6) is -0.0675. The summed E-state index contributed by atoms with van der Waals surface area (Å²) in [5, 5.41) is 12.4. The predicted octanol–water partition coefficient (Wildman–Crippen LogP) is 2.36. The lowest BCUT2D eigenvalue weighted by Gasteiger charge is -2.12. The molecule has 0 spiro atoms. The van der Waals surface area contributed by atoms with Gasteiger partial charge in [-0.15, -0.1) is 0 Å². The van der Waals surface area contributed by atoms with Gasteiger partial charge in [-0.3, -0.25) is 4.79 Å². The van der Waals surface area contributed by atoms with E-state index < -0.39 is 5.91 Å². The summed E-state index contributed by atoms with van der Waals surface area (Å²) in [7, 11) is 0. The number of benzene rings is 1. The summed E-state index contributed by atoms with van der Waals surface area (Å²) in [6, 6.07) is 8.33. The second kappa shape index (κ2) is 7.99. The molecule has 1 amide bonds. The van der Waals surface area contributed by atoms with E-state index in [1.54, 1.807) is 37.5 Å². The zero-order valence-corrected chi connectivity index (χ0v) is 14.7. The molecule has 3 aromatic rings. The molecule has 8 heteroatoms. The number of aliphatic hydroxyl groups is 1. The largest absolute Gasteiger partial charge is 0.394 e. The van der Waals surface area contributed by atoms with E-state index >= 15 is 0 Å². The van der Waals surface area contributed by atoms with Crippen LogP contribution in [0, 0.1) is 0 Å². The van der Waals surface area contributed by atoms with Crippen molar-refractivity contribution in [3.05, 3.63) is 59.8 Å². The number of halogens is 1. The number of nitrogens with one attached hydrogen (secondary N) is 1. The van der Waals surface area contributed by atoms with E-state index in [0.717, 1.165) is 5.56 Å². The topological polar surface area (TPSA) is 101 Å². The fraction of sp³-hybridized carbons (Fsp3) is 0.167. The quantitative estimate of drug-likeness (QED) is 0.716. The number of aromatic nitrogens is 4. The lowest BCUT2D eigenvalue weighted by atomic mass is 10.1. The van der Waals surface area contributed by atoms with E-state index in [-0.39, 0.29) is 18.3 Å². The monoisotopic (exact) mass is 369 g/mol. The number of nitrogens with zero attached hydrogens (tertiary/aromatic N) is 4. The number of rotatable bonds is 5. The third kappa shape index (κ3) is 4.19. The minimum atomic E-state index is -0.401. The average Bonchev–Trinajstić information content (AvgIpc) is 2.68. The molecule has 2 heterocycles. The van der Waals surface area contributed by atoms with Gasteiger partial charge in [-0.2, -0.15) is 0 Å². The number of amides is 1. The molecule has 0 radical (unpaired) electrons. The van der Waals surface area contributed by atoms with Crippen LogP contribution < -0.4 is 5.32 Å². The van der Waals surface area contributed by atoms with Gasteiger partial charge in [0.2, 0.25) is 0 Å². The van der Waals surface area contributed by atoms with E-state index in [4.69, 9.17) is 16.7 Å². The van der Waals surface area contributed by atoms with Crippen molar-refractivity contribution in [2.75, 3.05) is 6.61 Å². The van der Waals surface area contributed by atoms with Crippen LogP contribution >= 0.6 is 11.6 Å². The zero-order chi connectivity index (χ0) is 18.5. The van der Waals surface area contributed by atoms with Crippen molar-refractivity contribution in [2.24, 2.45) is 0 Å². The first kappa shape index (κ1) is 17.9. The van der Waals surface area contributed by atoms with Gasteiger partial charge >= 0.3 is 0 Å². The van der Waals surface area contributed by atoms with Crippen LogP contribution in [-0.4, -0.2) is 43.6 Å². The molecule has 1 atom stereocenters. The average molecular weight is 370 g/mol. The summed E-state index contributed by atoms with van der Waals surface area (Å²) in [6.07, 6.45) is 4.56. The predicted molar refractivity (Wildman–Crippen MR) is 97.5 cm³/mol.